The molecule has 0 amide bonds. The molecule has 1 aromatic carbocycles. The van der Waals surface area contributed by atoms with E-state index < -0.39 is 0 Å². The van der Waals surface area contributed by atoms with E-state index in [0.29, 0.717) is 5.56 Å². The SMILES string of the molecule is CBr.O=C(Br)c1ccccc1. The van der Waals surface area contributed by atoms with Crippen LogP contribution in [0.25, 0.3) is 0 Å². The van der Waals surface area contributed by atoms with Crippen molar-refractivity contribution in [1.82, 2.24) is 0 Å². The first kappa shape index (κ1) is 10.8. The summed E-state index contributed by atoms with van der Waals surface area (Å²) in [5.74, 6) is 1.81. The monoisotopic (exact) mass is 278 g/mol. The Morgan fingerprint density at radius 3 is 1.91 bits per heavy atom. The maximum atomic E-state index is 10.6. The first-order chi connectivity index (χ1) is 5.30. The molecular formula is C8H8Br2O. The average molecular weight is 280 g/mol. The van der Waals surface area contributed by atoms with E-state index in [0.717, 1.165) is 0 Å². The van der Waals surface area contributed by atoms with Crippen LogP contribution < -0.4 is 0 Å². The lowest BCUT2D eigenvalue weighted by atomic mass is 10.2. The molecule has 0 heterocycles. The van der Waals surface area contributed by atoms with Crippen molar-refractivity contribution < 1.29 is 4.79 Å². The van der Waals surface area contributed by atoms with Gasteiger partial charge in [-0.1, -0.05) is 46.3 Å². The van der Waals surface area contributed by atoms with Gasteiger partial charge in [0.2, 0.25) is 4.69 Å². The molecule has 0 saturated carbocycles. The van der Waals surface area contributed by atoms with Gasteiger partial charge in [0.1, 0.15) is 0 Å². The third-order valence-corrected chi connectivity index (χ3v) is 1.46. The molecule has 0 fully saturated rings. The molecule has 0 radical (unpaired) electrons. The van der Waals surface area contributed by atoms with Gasteiger partial charge in [0.05, 0.1) is 0 Å². The van der Waals surface area contributed by atoms with Crippen molar-refractivity contribution in [1.29, 1.82) is 0 Å². The van der Waals surface area contributed by atoms with Crippen LogP contribution in [0.1, 0.15) is 10.4 Å². The molecule has 0 saturated heterocycles. The van der Waals surface area contributed by atoms with Crippen LogP contribution in [0, 0.1) is 0 Å². The summed E-state index contributed by atoms with van der Waals surface area (Å²) < 4.78 is -0.0666. The lowest BCUT2D eigenvalue weighted by Gasteiger charge is -1.87. The molecule has 0 N–H and O–H groups in total. The van der Waals surface area contributed by atoms with Gasteiger partial charge in [-0.05, 0) is 21.8 Å². The summed E-state index contributed by atoms with van der Waals surface area (Å²) in [4.78, 5) is 10.6. The van der Waals surface area contributed by atoms with Crippen molar-refractivity contribution in [2.24, 2.45) is 0 Å². The molecule has 0 aliphatic carbocycles. The molecule has 1 aromatic rings. The van der Waals surface area contributed by atoms with Gasteiger partial charge < -0.3 is 0 Å². The molecule has 0 unspecified atom stereocenters. The number of benzene rings is 1. The second-order valence-corrected chi connectivity index (χ2v) is 2.36. The van der Waals surface area contributed by atoms with Crippen LogP contribution in [0.2, 0.25) is 0 Å². The summed E-state index contributed by atoms with van der Waals surface area (Å²) in [6.45, 7) is 0. The molecule has 1 rings (SSSR count). The van der Waals surface area contributed by atoms with Gasteiger partial charge in [0, 0.05) is 5.56 Å². The Bertz CT molecular complexity index is 209. The molecule has 0 aliphatic heterocycles. The van der Waals surface area contributed by atoms with Crippen LogP contribution in [0.5, 0.6) is 0 Å². The molecule has 0 aliphatic rings. The van der Waals surface area contributed by atoms with Gasteiger partial charge in [-0.3, -0.25) is 4.79 Å². The molecule has 3 heteroatoms. The summed E-state index contributed by atoms with van der Waals surface area (Å²) in [7, 11) is 0. The smallest absolute Gasteiger partial charge is 0.228 e. The first-order valence-corrected chi connectivity index (χ1v) is 5.31. The van der Waals surface area contributed by atoms with Crippen molar-refractivity contribution in [3.05, 3.63) is 35.9 Å². The maximum Gasteiger partial charge on any atom is 0.228 e. The molecule has 1 nitrogen and oxygen atoms in total. The standard InChI is InChI=1S/C7H5BrO.CH3Br/c8-7(9)6-4-2-1-3-5-6;1-2/h1-5H;1H3. The fraction of sp³-hybridized carbons (Fsp3) is 0.125. The molecular weight excluding hydrogens is 272 g/mol. The third-order valence-electron chi connectivity index (χ3n) is 1.00. The number of hydrogen-bond acceptors (Lipinski definition) is 1. The summed E-state index contributed by atoms with van der Waals surface area (Å²) >= 11 is 5.78. The fourth-order valence-corrected chi connectivity index (χ4v) is 0.834. The third kappa shape index (κ3) is 4.32. The Hall–Kier alpha value is -0.150. The van der Waals surface area contributed by atoms with Crippen LogP contribution in [-0.4, -0.2) is 10.5 Å². The van der Waals surface area contributed by atoms with Gasteiger partial charge >= 0.3 is 0 Å². The highest BCUT2D eigenvalue weighted by Gasteiger charge is 1.95. The van der Waals surface area contributed by atoms with E-state index in [4.69, 9.17) is 0 Å². The highest BCUT2D eigenvalue weighted by molar-refractivity contribution is 9.18. The van der Waals surface area contributed by atoms with Crippen LogP contribution in [0.4, 0.5) is 0 Å². The zero-order chi connectivity index (χ0) is 8.69. The summed E-state index contributed by atoms with van der Waals surface area (Å²) in [5.41, 5.74) is 0.692. The normalized spacial score (nSPS) is 7.91. The van der Waals surface area contributed by atoms with E-state index in [9.17, 15) is 4.79 Å². The lowest BCUT2D eigenvalue weighted by Crippen LogP contribution is -1.83. The highest BCUT2D eigenvalue weighted by Crippen LogP contribution is 2.03. The number of rotatable bonds is 1. The summed E-state index contributed by atoms with van der Waals surface area (Å²) in [6.07, 6.45) is 0. The zero-order valence-corrected chi connectivity index (χ0v) is 9.22. The predicted octanol–water partition coefficient (Wildman–Crippen LogP) is 3.23. The van der Waals surface area contributed by atoms with Gasteiger partial charge in [-0.15, -0.1) is 0 Å². The predicted molar refractivity (Wildman–Crippen MR) is 54.6 cm³/mol. The van der Waals surface area contributed by atoms with Crippen molar-refractivity contribution >= 4 is 36.6 Å². The minimum absolute atomic E-state index is 0.0666. The molecule has 0 spiro atoms. The van der Waals surface area contributed by atoms with E-state index in [1.165, 1.54) is 0 Å². The summed E-state index contributed by atoms with van der Waals surface area (Å²) in [6, 6.07) is 9.05. The van der Waals surface area contributed by atoms with Gasteiger partial charge in [0.25, 0.3) is 0 Å². The van der Waals surface area contributed by atoms with Gasteiger partial charge in [-0.2, -0.15) is 0 Å². The quantitative estimate of drug-likeness (QED) is 0.570. The number of hydrogen-bond donors (Lipinski definition) is 0. The summed E-state index contributed by atoms with van der Waals surface area (Å²) in [5, 5.41) is 0. The number of halogens is 2. The second kappa shape index (κ2) is 6.55. The van der Waals surface area contributed by atoms with E-state index in [1.807, 2.05) is 24.0 Å². The van der Waals surface area contributed by atoms with Crippen molar-refractivity contribution in [3.8, 4) is 0 Å². The Morgan fingerprint density at radius 1 is 1.18 bits per heavy atom. The Balaban J connectivity index is 0.000000461. The van der Waals surface area contributed by atoms with Crippen LogP contribution in [0.3, 0.4) is 0 Å². The zero-order valence-electron chi connectivity index (χ0n) is 6.05. The van der Waals surface area contributed by atoms with Gasteiger partial charge in [-0.25, -0.2) is 0 Å². The highest BCUT2D eigenvalue weighted by atomic mass is 79.9. The molecule has 0 bridgehead atoms. The Labute approximate surface area is 83.1 Å². The largest absolute Gasteiger partial charge is 0.281 e. The topological polar surface area (TPSA) is 17.1 Å². The lowest BCUT2D eigenvalue weighted by molar-refractivity contribution is 0.109. The fourth-order valence-electron chi connectivity index (χ4n) is 0.569. The minimum Gasteiger partial charge on any atom is -0.281 e. The number of carbonyl (C=O) groups is 1. The van der Waals surface area contributed by atoms with Crippen molar-refractivity contribution in [2.75, 3.05) is 5.83 Å². The molecule has 0 aromatic heterocycles. The minimum atomic E-state index is -0.0666. The van der Waals surface area contributed by atoms with E-state index in [-0.39, 0.29) is 4.69 Å². The van der Waals surface area contributed by atoms with Crippen LogP contribution in [-0.2, 0) is 0 Å². The second-order valence-electron chi connectivity index (χ2n) is 1.64. The van der Waals surface area contributed by atoms with Crippen molar-refractivity contribution in [3.63, 3.8) is 0 Å². The maximum absolute atomic E-state index is 10.6. The Morgan fingerprint density at radius 2 is 1.64 bits per heavy atom. The number of carbonyl (C=O) groups excluding carboxylic acids is 1. The first-order valence-electron chi connectivity index (χ1n) is 2.93. The Kier molecular flexibility index (Phi) is 6.46. The van der Waals surface area contributed by atoms with E-state index >= 15 is 0 Å². The van der Waals surface area contributed by atoms with E-state index in [1.54, 1.807) is 12.1 Å². The molecule has 0 atom stereocenters. The van der Waals surface area contributed by atoms with Gasteiger partial charge in [0.15, 0.2) is 0 Å². The average Bonchev–Trinajstić information content (AvgIpc) is 2.10. The molecule has 11 heavy (non-hydrogen) atoms. The molecule has 60 valence electrons. The van der Waals surface area contributed by atoms with Crippen LogP contribution >= 0.6 is 31.9 Å². The van der Waals surface area contributed by atoms with E-state index in [2.05, 4.69) is 31.9 Å². The van der Waals surface area contributed by atoms with Crippen LogP contribution in [0.15, 0.2) is 30.3 Å². The van der Waals surface area contributed by atoms with Crippen molar-refractivity contribution in [2.45, 2.75) is 0 Å². The number of alkyl halides is 1.